The number of ether oxygens (including phenoxy) is 1. The molecule has 1 heterocycles. The van der Waals surface area contributed by atoms with Crippen LogP contribution in [0, 0.1) is 0 Å². The van der Waals surface area contributed by atoms with Crippen molar-refractivity contribution in [1.29, 1.82) is 0 Å². The highest BCUT2D eigenvalue weighted by molar-refractivity contribution is 7.14. The monoisotopic (exact) mass is 365 g/mol. The quantitative estimate of drug-likeness (QED) is 0.475. The highest BCUT2D eigenvalue weighted by Gasteiger charge is 2.12. The van der Waals surface area contributed by atoms with Gasteiger partial charge in [-0.25, -0.2) is 4.98 Å². The molecule has 0 saturated carbocycles. The largest absolute Gasteiger partial charge is 0.497 e. The van der Waals surface area contributed by atoms with Gasteiger partial charge in [-0.05, 0) is 40.8 Å². The van der Waals surface area contributed by atoms with Gasteiger partial charge in [0.2, 0.25) is 5.13 Å². The van der Waals surface area contributed by atoms with Gasteiger partial charge in [-0.1, -0.05) is 45.0 Å². The Kier molecular flexibility index (Phi) is 5.38. The molecule has 0 fully saturated rings. The van der Waals surface area contributed by atoms with Crippen LogP contribution in [0.25, 0.3) is 11.3 Å². The molecule has 0 amide bonds. The zero-order chi connectivity index (χ0) is 18.6. The summed E-state index contributed by atoms with van der Waals surface area (Å²) in [6.45, 7) is 6.63. The SMILES string of the molecule is COc1ccc(-c2csc(NN=Cc3ccc(C(C)(C)C)cc3)n2)cc1. The summed E-state index contributed by atoms with van der Waals surface area (Å²) >= 11 is 1.53. The highest BCUT2D eigenvalue weighted by Crippen LogP contribution is 2.26. The minimum Gasteiger partial charge on any atom is -0.497 e. The molecule has 0 spiro atoms. The van der Waals surface area contributed by atoms with Crippen LogP contribution in [0.4, 0.5) is 5.13 Å². The van der Waals surface area contributed by atoms with E-state index in [4.69, 9.17) is 4.74 Å². The summed E-state index contributed by atoms with van der Waals surface area (Å²) in [6.07, 6.45) is 1.81. The molecule has 4 nitrogen and oxygen atoms in total. The van der Waals surface area contributed by atoms with E-state index >= 15 is 0 Å². The molecule has 0 atom stereocenters. The minimum absolute atomic E-state index is 0.159. The van der Waals surface area contributed by atoms with E-state index in [0.717, 1.165) is 27.7 Å². The second-order valence-electron chi connectivity index (χ2n) is 7.01. The van der Waals surface area contributed by atoms with Crippen LogP contribution >= 0.6 is 11.3 Å². The zero-order valence-electron chi connectivity index (χ0n) is 15.5. The third kappa shape index (κ3) is 4.49. The van der Waals surface area contributed by atoms with Crippen molar-refractivity contribution >= 4 is 22.7 Å². The Morgan fingerprint density at radius 2 is 1.73 bits per heavy atom. The molecule has 0 radical (unpaired) electrons. The molecule has 0 saturated heterocycles. The van der Waals surface area contributed by atoms with Crippen LogP contribution in [-0.2, 0) is 5.41 Å². The second-order valence-corrected chi connectivity index (χ2v) is 7.87. The number of benzene rings is 2. The van der Waals surface area contributed by atoms with Crippen molar-refractivity contribution in [3.63, 3.8) is 0 Å². The zero-order valence-corrected chi connectivity index (χ0v) is 16.3. The number of nitrogens with zero attached hydrogens (tertiary/aromatic N) is 2. The van der Waals surface area contributed by atoms with E-state index in [1.54, 1.807) is 13.3 Å². The van der Waals surface area contributed by atoms with Gasteiger partial charge in [0.25, 0.3) is 0 Å². The average molecular weight is 366 g/mol. The summed E-state index contributed by atoms with van der Waals surface area (Å²) in [6, 6.07) is 16.3. The van der Waals surface area contributed by atoms with Crippen LogP contribution in [-0.4, -0.2) is 18.3 Å². The molecule has 0 aliphatic carbocycles. The number of aromatic nitrogens is 1. The van der Waals surface area contributed by atoms with Gasteiger partial charge in [0.1, 0.15) is 5.75 Å². The van der Waals surface area contributed by atoms with E-state index in [-0.39, 0.29) is 5.41 Å². The predicted octanol–water partition coefficient (Wildman–Crippen LogP) is 5.56. The second kappa shape index (κ2) is 7.70. The Labute approximate surface area is 158 Å². The van der Waals surface area contributed by atoms with Crippen LogP contribution in [0.5, 0.6) is 5.75 Å². The van der Waals surface area contributed by atoms with E-state index < -0.39 is 0 Å². The predicted molar refractivity (Wildman–Crippen MR) is 110 cm³/mol. The number of anilines is 1. The number of nitrogens with one attached hydrogen (secondary N) is 1. The lowest BCUT2D eigenvalue weighted by atomic mass is 9.87. The fourth-order valence-corrected chi connectivity index (χ4v) is 3.12. The fourth-order valence-electron chi connectivity index (χ4n) is 2.45. The molecule has 0 bridgehead atoms. The first-order valence-corrected chi connectivity index (χ1v) is 9.33. The molecule has 0 unspecified atom stereocenters. The fraction of sp³-hybridized carbons (Fsp3) is 0.238. The maximum atomic E-state index is 5.18. The molecule has 1 aromatic heterocycles. The average Bonchev–Trinajstić information content (AvgIpc) is 3.10. The van der Waals surface area contributed by atoms with E-state index in [2.05, 4.69) is 60.5 Å². The third-order valence-corrected chi connectivity index (χ3v) is 4.79. The number of hydrogen-bond donors (Lipinski definition) is 1. The number of methoxy groups -OCH3 is 1. The lowest BCUT2D eigenvalue weighted by molar-refractivity contribution is 0.415. The first-order valence-electron chi connectivity index (χ1n) is 8.45. The van der Waals surface area contributed by atoms with Crippen LogP contribution in [0.1, 0.15) is 31.9 Å². The Hall–Kier alpha value is -2.66. The van der Waals surface area contributed by atoms with Gasteiger partial charge >= 0.3 is 0 Å². The number of hydrogen-bond acceptors (Lipinski definition) is 5. The summed E-state index contributed by atoms with van der Waals surface area (Å²) in [5, 5.41) is 7.07. The Morgan fingerprint density at radius 1 is 1.04 bits per heavy atom. The Morgan fingerprint density at radius 3 is 2.35 bits per heavy atom. The van der Waals surface area contributed by atoms with Crippen molar-refractivity contribution in [2.45, 2.75) is 26.2 Å². The number of thiazole rings is 1. The molecule has 3 aromatic rings. The molecule has 26 heavy (non-hydrogen) atoms. The van der Waals surface area contributed by atoms with Gasteiger partial charge in [-0.3, -0.25) is 5.43 Å². The Balaban J connectivity index is 1.63. The standard InChI is InChI=1S/C21H23N3OS/c1-21(2,3)17-9-5-15(6-10-17)13-22-24-20-23-19(14-26-20)16-7-11-18(25-4)12-8-16/h5-14H,1-4H3,(H,23,24). The highest BCUT2D eigenvalue weighted by atomic mass is 32.1. The van der Waals surface area contributed by atoms with Crippen LogP contribution in [0.3, 0.4) is 0 Å². The minimum atomic E-state index is 0.159. The van der Waals surface area contributed by atoms with Crippen molar-refractivity contribution in [2.75, 3.05) is 12.5 Å². The molecular formula is C21H23N3OS. The van der Waals surface area contributed by atoms with Gasteiger partial charge in [0.05, 0.1) is 19.0 Å². The third-order valence-electron chi connectivity index (χ3n) is 4.04. The van der Waals surface area contributed by atoms with Crippen LogP contribution < -0.4 is 10.2 Å². The first-order chi connectivity index (χ1) is 12.5. The molecule has 2 aromatic carbocycles. The molecule has 0 aliphatic heterocycles. The number of hydrazone groups is 1. The van der Waals surface area contributed by atoms with Gasteiger partial charge < -0.3 is 4.74 Å². The lowest BCUT2D eigenvalue weighted by Gasteiger charge is -2.18. The summed E-state index contributed by atoms with van der Waals surface area (Å²) in [5.41, 5.74) is 7.50. The smallest absolute Gasteiger partial charge is 0.203 e. The normalized spacial score (nSPS) is 11.7. The van der Waals surface area contributed by atoms with Gasteiger partial charge in [-0.15, -0.1) is 11.3 Å². The summed E-state index contributed by atoms with van der Waals surface area (Å²) < 4.78 is 5.18. The van der Waals surface area contributed by atoms with Gasteiger partial charge in [0.15, 0.2) is 0 Å². The number of rotatable bonds is 5. The van der Waals surface area contributed by atoms with E-state index in [1.807, 2.05) is 29.6 Å². The molecule has 1 N–H and O–H groups in total. The van der Waals surface area contributed by atoms with Gasteiger partial charge in [-0.2, -0.15) is 5.10 Å². The van der Waals surface area contributed by atoms with E-state index in [9.17, 15) is 0 Å². The van der Waals surface area contributed by atoms with Crippen LogP contribution in [0.2, 0.25) is 0 Å². The topological polar surface area (TPSA) is 46.5 Å². The van der Waals surface area contributed by atoms with Crippen molar-refractivity contribution in [3.8, 4) is 17.0 Å². The summed E-state index contributed by atoms with van der Waals surface area (Å²) in [4.78, 5) is 4.57. The van der Waals surface area contributed by atoms with Crippen LogP contribution in [0.15, 0.2) is 59.0 Å². The van der Waals surface area contributed by atoms with E-state index in [0.29, 0.717) is 0 Å². The lowest BCUT2D eigenvalue weighted by Crippen LogP contribution is -2.10. The van der Waals surface area contributed by atoms with Crippen molar-refractivity contribution < 1.29 is 4.74 Å². The van der Waals surface area contributed by atoms with E-state index in [1.165, 1.54) is 16.9 Å². The summed E-state index contributed by atoms with van der Waals surface area (Å²) in [5.74, 6) is 0.837. The molecular weight excluding hydrogens is 342 g/mol. The first kappa shape index (κ1) is 18.1. The van der Waals surface area contributed by atoms with Gasteiger partial charge in [0, 0.05) is 10.9 Å². The van der Waals surface area contributed by atoms with Crippen molar-refractivity contribution in [1.82, 2.24) is 4.98 Å². The Bertz CT molecular complexity index is 875. The summed E-state index contributed by atoms with van der Waals surface area (Å²) in [7, 11) is 1.66. The molecule has 3 rings (SSSR count). The van der Waals surface area contributed by atoms with Crippen molar-refractivity contribution in [2.24, 2.45) is 5.10 Å². The molecule has 134 valence electrons. The molecule has 5 heteroatoms. The molecule has 0 aliphatic rings. The maximum Gasteiger partial charge on any atom is 0.203 e. The van der Waals surface area contributed by atoms with Crippen molar-refractivity contribution in [3.05, 3.63) is 65.0 Å². The maximum absolute atomic E-state index is 5.18.